The van der Waals surface area contributed by atoms with E-state index >= 15 is 0 Å². The number of hydrogen-bond donors (Lipinski definition) is 0. The first-order valence-corrected chi connectivity index (χ1v) is 37.3. The number of aromatic nitrogens is 11. The van der Waals surface area contributed by atoms with E-state index in [-0.39, 0.29) is 0 Å². The molecule has 0 atom stereocenters. The Kier molecular flexibility index (Phi) is 14.7. The normalized spacial score (nSPS) is 11.8. The summed E-state index contributed by atoms with van der Waals surface area (Å²) in [5, 5.41) is 21.3. The number of nitrogens with zero attached hydrogens (tertiary/aromatic N) is 11. The Morgan fingerprint density at radius 3 is 1.11 bits per heavy atom. The summed E-state index contributed by atoms with van der Waals surface area (Å²) >= 11 is 0. The number of hydrogen-bond acceptors (Lipinski definition) is 8. The van der Waals surface area contributed by atoms with Crippen LogP contribution in [-0.2, 0) is 0 Å². The fourth-order valence-electron chi connectivity index (χ4n) is 17.1. The van der Waals surface area contributed by atoms with Crippen LogP contribution in [0.25, 0.3) is 214 Å². The number of fused-ring (bicyclic) bond motifs is 27. The van der Waals surface area contributed by atoms with E-state index < -0.39 is 0 Å². The molecule has 11 aromatic heterocycles. The van der Waals surface area contributed by atoms with E-state index in [9.17, 15) is 0 Å². The van der Waals surface area contributed by atoms with Crippen molar-refractivity contribution in [1.82, 2.24) is 53.6 Å². The van der Waals surface area contributed by atoms with Crippen molar-refractivity contribution in [2.45, 2.75) is 0 Å². The average molecular weight is 1420 g/mol. The summed E-state index contributed by atoms with van der Waals surface area (Å²) in [5.41, 5.74) is 19.8. The molecule has 0 spiro atoms. The summed E-state index contributed by atoms with van der Waals surface area (Å²) in [4.78, 5) is 39.1. The van der Waals surface area contributed by atoms with Gasteiger partial charge < -0.3 is 4.57 Å². The Hall–Kier alpha value is -15.2. The Morgan fingerprint density at radius 1 is 0.207 bits per heavy atom. The molecule has 11 nitrogen and oxygen atoms in total. The van der Waals surface area contributed by atoms with Crippen LogP contribution in [0.2, 0.25) is 0 Å². The minimum absolute atomic E-state index is 0.845. The summed E-state index contributed by atoms with van der Waals surface area (Å²) < 4.78 is 6.98. The van der Waals surface area contributed by atoms with Gasteiger partial charge in [-0.15, -0.1) is 0 Å². The third-order valence-corrected chi connectivity index (χ3v) is 21.9. The quantitative estimate of drug-likeness (QED) is 0.151. The van der Waals surface area contributed by atoms with E-state index in [1.54, 1.807) is 0 Å². The first-order chi connectivity index (χ1) is 55.1. The monoisotopic (exact) mass is 1420 g/mol. The zero-order chi connectivity index (χ0) is 73.0. The zero-order valence-corrected chi connectivity index (χ0v) is 59.6. The van der Waals surface area contributed by atoms with Gasteiger partial charge in [-0.1, -0.05) is 212 Å². The summed E-state index contributed by atoms with van der Waals surface area (Å²) in [6.45, 7) is 0. The first-order valence-electron chi connectivity index (χ1n) is 37.3. The lowest BCUT2D eigenvalue weighted by Crippen LogP contribution is -2.00. The van der Waals surface area contributed by atoms with E-state index in [0.29, 0.717) is 0 Å². The van der Waals surface area contributed by atoms with E-state index in [1.807, 2.05) is 104 Å². The van der Waals surface area contributed by atoms with Crippen molar-refractivity contribution >= 4 is 163 Å². The minimum atomic E-state index is 0.845. The van der Waals surface area contributed by atoms with Gasteiger partial charge in [-0.05, 0) is 149 Å². The molecule has 13 aromatic carbocycles. The third kappa shape index (κ3) is 10.3. The lowest BCUT2D eigenvalue weighted by molar-refractivity contribution is 1.08. The SMILES string of the molecule is c1cc(-c2ccc3ccccc3n2)nc(-n2c3ccccc3c3c4ccccc4c4ncccc4c32)c1.c1cc(-c2cnc3ccccc3c2)cc(-n2c3ccccc3c3c4ccccc4c4ncccc4c32)c1.c1cc(-c2cnc3ccccc3c2)nc(-n2c3ccccc3c3c4ccccc4c4ncccc4c32)c1. The standard InChI is InChI=1S/C34H21N3.2C33H20N4/c1-5-16-30-23(9-1)19-24(21-36-30)22-10-7-11-25(20-22)37-31-17-6-4-14-28(31)32-26-12-2-3-13-27(26)33-29(34(32)37)15-8-18-35-33;1-5-14-26-21(9-1)18-19-28(35-26)27-15-7-17-30(36-27)37-29-16-6-4-12-24(29)31-22-10-2-3-11-23(22)32-25(33(31)37)13-8-20-34-32;1-5-14-27-21(9-1)19-22(20-35-27)28-15-7-17-30(36-28)37-29-16-6-4-12-25(29)31-23-10-2-3-11-24(23)32-26(33(31)37)13-8-18-34-32/h1-21H;2*1-20H. The second-order valence-corrected chi connectivity index (χ2v) is 28.1. The highest BCUT2D eigenvalue weighted by Gasteiger charge is 2.24. The molecular formula is C100H61N11. The summed E-state index contributed by atoms with van der Waals surface area (Å²) in [6.07, 6.45) is 9.52. The Labute approximate surface area is 634 Å². The van der Waals surface area contributed by atoms with E-state index in [2.05, 4.69) is 286 Å². The molecule has 0 aliphatic heterocycles. The fourth-order valence-corrected chi connectivity index (χ4v) is 17.1. The second kappa shape index (κ2) is 25.8. The lowest BCUT2D eigenvalue weighted by Gasteiger charge is -2.13. The van der Waals surface area contributed by atoms with Gasteiger partial charge in [0, 0.05) is 129 Å². The summed E-state index contributed by atoms with van der Waals surface area (Å²) in [7, 11) is 0. The van der Waals surface area contributed by atoms with Gasteiger partial charge in [-0.2, -0.15) is 0 Å². The van der Waals surface area contributed by atoms with Gasteiger partial charge >= 0.3 is 0 Å². The maximum Gasteiger partial charge on any atom is 0.138 e. The molecule has 0 fully saturated rings. The van der Waals surface area contributed by atoms with Gasteiger partial charge in [0.15, 0.2) is 0 Å². The Morgan fingerprint density at radius 2 is 0.586 bits per heavy atom. The molecule has 11 heterocycles. The van der Waals surface area contributed by atoms with Crippen LogP contribution in [0.5, 0.6) is 0 Å². The molecular weight excluding hydrogens is 1360 g/mol. The molecule has 24 aromatic rings. The first kappa shape index (κ1) is 63.1. The maximum absolute atomic E-state index is 5.18. The van der Waals surface area contributed by atoms with Crippen LogP contribution in [0.15, 0.2) is 371 Å². The van der Waals surface area contributed by atoms with Gasteiger partial charge in [-0.3, -0.25) is 34.1 Å². The topological polar surface area (TPSA) is 118 Å². The third-order valence-electron chi connectivity index (χ3n) is 21.9. The highest BCUT2D eigenvalue weighted by Crippen LogP contribution is 2.46. The average Bonchev–Trinajstić information content (AvgIpc) is 1.57. The van der Waals surface area contributed by atoms with E-state index in [1.165, 1.54) is 64.9 Å². The number of pyridine rings is 8. The Balaban J connectivity index is 0.000000102. The molecule has 0 aliphatic carbocycles. The van der Waals surface area contributed by atoms with Crippen LogP contribution in [-0.4, -0.2) is 53.6 Å². The van der Waals surface area contributed by atoms with Crippen LogP contribution in [0.1, 0.15) is 0 Å². The molecule has 0 radical (unpaired) electrons. The molecule has 516 valence electrons. The predicted octanol–water partition coefficient (Wildman–Crippen LogP) is 24.9. The molecule has 0 N–H and O–H groups in total. The number of para-hydroxylation sites is 6. The summed E-state index contributed by atoms with van der Waals surface area (Å²) in [5.74, 6) is 1.73. The lowest BCUT2D eigenvalue weighted by atomic mass is 9.99. The van der Waals surface area contributed by atoms with Crippen LogP contribution < -0.4 is 0 Å². The minimum Gasteiger partial charge on any atom is -0.309 e. The highest BCUT2D eigenvalue weighted by atomic mass is 15.1. The van der Waals surface area contributed by atoms with Crippen molar-refractivity contribution < 1.29 is 0 Å². The highest BCUT2D eigenvalue weighted by molar-refractivity contribution is 6.34. The van der Waals surface area contributed by atoms with Crippen LogP contribution >= 0.6 is 0 Å². The maximum atomic E-state index is 5.18. The molecule has 0 saturated heterocycles. The van der Waals surface area contributed by atoms with Gasteiger partial charge in [0.05, 0.1) is 83.3 Å². The second-order valence-electron chi connectivity index (χ2n) is 28.1. The number of benzene rings is 13. The molecule has 111 heavy (non-hydrogen) atoms. The van der Waals surface area contributed by atoms with Gasteiger partial charge in [0.1, 0.15) is 11.6 Å². The van der Waals surface area contributed by atoms with Crippen LogP contribution in [0.4, 0.5) is 0 Å². The smallest absolute Gasteiger partial charge is 0.138 e. The molecule has 0 aliphatic rings. The zero-order valence-electron chi connectivity index (χ0n) is 59.6. The largest absolute Gasteiger partial charge is 0.309 e. The molecule has 11 heteroatoms. The van der Waals surface area contributed by atoms with Crippen LogP contribution in [0.3, 0.4) is 0 Å². The van der Waals surface area contributed by atoms with Gasteiger partial charge in [0.2, 0.25) is 0 Å². The molecule has 0 bridgehead atoms. The molecule has 0 saturated carbocycles. The van der Waals surface area contributed by atoms with Crippen molar-refractivity contribution in [3.63, 3.8) is 0 Å². The number of rotatable bonds is 6. The fraction of sp³-hybridized carbons (Fsp3) is 0. The molecule has 24 rings (SSSR count). The van der Waals surface area contributed by atoms with Crippen molar-refractivity contribution in [3.05, 3.63) is 371 Å². The Bertz CT molecular complexity index is 7210. The van der Waals surface area contributed by atoms with Crippen molar-refractivity contribution in [2.24, 2.45) is 0 Å². The van der Waals surface area contributed by atoms with E-state index in [0.717, 1.165) is 149 Å². The van der Waals surface area contributed by atoms with Crippen molar-refractivity contribution in [1.29, 1.82) is 0 Å². The van der Waals surface area contributed by atoms with Crippen molar-refractivity contribution in [2.75, 3.05) is 0 Å². The van der Waals surface area contributed by atoms with Crippen molar-refractivity contribution in [3.8, 4) is 51.1 Å². The predicted molar refractivity (Wildman–Crippen MR) is 459 cm³/mol. The molecule has 0 amide bonds. The summed E-state index contributed by atoms with van der Waals surface area (Å²) in [6, 6.07) is 119. The van der Waals surface area contributed by atoms with Gasteiger partial charge in [0.25, 0.3) is 0 Å². The van der Waals surface area contributed by atoms with E-state index in [4.69, 9.17) is 34.9 Å². The molecule has 0 unspecified atom stereocenters. The van der Waals surface area contributed by atoms with Gasteiger partial charge in [-0.25, -0.2) is 15.0 Å². The van der Waals surface area contributed by atoms with Crippen LogP contribution in [0, 0.1) is 0 Å².